The summed E-state index contributed by atoms with van der Waals surface area (Å²) < 4.78 is 1.79. The highest BCUT2D eigenvalue weighted by atomic mass is 16.1. The van der Waals surface area contributed by atoms with E-state index >= 15 is 0 Å². The van der Waals surface area contributed by atoms with E-state index in [0.29, 0.717) is 12.5 Å². The van der Waals surface area contributed by atoms with E-state index in [1.54, 1.807) is 4.68 Å². The molecule has 1 atom stereocenters. The van der Waals surface area contributed by atoms with Crippen LogP contribution in [0.3, 0.4) is 0 Å². The second-order valence-corrected chi connectivity index (χ2v) is 5.87. The van der Waals surface area contributed by atoms with Gasteiger partial charge in [0, 0.05) is 16.8 Å². The smallest absolute Gasteiger partial charge is 0.239 e. The molecule has 1 aliphatic rings. The molecule has 5 heteroatoms. The van der Waals surface area contributed by atoms with Crippen LogP contribution in [0.1, 0.15) is 36.4 Å². The molecule has 0 radical (unpaired) electrons. The van der Waals surface area contributed by atoms with Crippen LogP contribution in [0.25, 0.3) is 11.3 Å². The predicted molar refractivity (Wildman–Crippen MR) is 86.2 cm³/mol. The van der Waals surface area contributed by atoms with Crippen LogP contribution in [-0.2, 0) is 17.8 Å². The average molecular weight is 298 g/mol. The Labute approximate surface area is 130 Å². The summed E-state index contributed by atoms with van der Waals surface area (Å²) in [5.41, 5.74) is 15.7. The Balaban J connectivity index is 2.12. The van der Waals surface area contributed by atoms with Gasteiger partial charge in [-0.15, -0.1) is 0 Å². The fourth-order valence-electron chi connectivity index (χ4n) is 3.44. The lowest BCUT2D eigenvalue weighted by Gasteiger charge is -2.23. The number of fused-ring (bicyclic) bond motifs is 1. The summed E-state index contributed by atoms with van der Waals surface area (Å²) in [7, 11) is 0. The summed E-state index contributed by atoms with van der Waals surface area (Å²) in [6.07, 6.45) is 4.14. The summed E-state index contributed by atoms with van der Waals surface area (Å²) >= 11 is 0. The zero-order valence-corrected chi connectivity index (χ0v) is 12.7. The number of amides is 1. The second kappa shape index (κ2) is 6.32. The Kier molecular flexibility index (Phi) is 4.24. The molecule has 0 spiro atoms. The Morgan fingerprint density at radius 1 is 1.32 bits per heavy atom. The highest BCUT2D eigenvalue weighted by Crippen LogP contribution is 2.40. The Hall–Kier alpha value is -2.14. The second-order valence-electron chi connectivity index (χ2n) is 5.87. The van der Waals surface area contributed by atoms with E-state index in [9.17, 15) is 4.79 Å². The largest absolute Gasteiger partial charge is 0.368 e. The normalized spacial score (nSPS) is 17.2. The van der Waals surface area contributed by atoms with E-state index in [-0.39, 0.29) is 12.5 Å². The van der Waals surface area contributed by atoms with Gasteiger partial charge in [-0.25, -0.2) is 0 Å². The van der Waals surface area contributed by atoms with Gasteiger partial charge in [0.15, 0.2) is 0 Å². The first-order valence-corrected chi connectivity index (χ1v) is 7.84. The molecule has 116 valence electrons. The van der Waals surface area contributed by atoms with E-state index < -0.39 is 0 Å². The SMILES string of the molecule is NCCC1CCCc2c1c(-c1ccccc1)nn2CC(N)=O. The van der Waals surface area contributed by atoms with E-state index in [1.807, 2.05) is 18.2 Å². The van der Waals surface area contributed by atoms with Gasteiger partial charge >= 0.3 is 0 Å². The van der Waals surface area contributed by atoms with Gasteiger partial charge in [0.2, 0.25) is 5.91 Å². The predicted octanol–water partition coefficient (Wildman–Crippen LogP) is 1.80. The summed E-state index contributed by atoms with van der Waals surface area (Å²) in [5, 5.41) is 4.71. The molecule has 5 nitrogen and oxygen atoms in total. The fraction of sp³-hybridized carbons (Fsp3) is 0.412. The number of hydrogen-bond donors (Lipinski definition) is 2. The topological polar surface area (TPSA) is 86.9 Å². The maximum absolute atomic E-state index is 11.3. The van der Waals surface area contributed by atoms with Gasteiger partial charge in [0.05, 0.1) is 5.69 Å². The number of hydrogen-bond acceptors (Lipinski definition) is 3. The van der Waals surface area contributed by atoms with E-state index in [0.717, 1.165) is 42.6 Å². The number of carbonyl (C=O) groups excluding carboxylic acids is 1. The maximum Gasteiger partial charge on any atom is 0.239 e. The van der Waals surface area contributed by atoms with Crippen LogP contribution in [0.5, 0.6) is 0 Å². The van der Waals surface area contributed by atoms with Crippen molar-refractivity contribution in [3.8, 4) is 11.3 Å². The summed E-state index contributed by atoms with van der Waals surface area (Å²) in [5.74, 6) is 0.0662. The maximum atomic E-state index is 11.3. The van der Waals surface area contributed by atoms with Crippen molar-refractivity contribution in [2.24, 2.45) is 11.5 Å². The van der Waals surface area contributed by atoms with E-state index in [1.165, 1.54) is 5.56 Å². The summed E-state index contributed by atoms with van der Waals surface area (Å²) in [6.45, 7) is 0.809. The van der Waals surface area contributed by atoms with Gasteiger partial charge in [-0.3, -0.25) is 9.48 Å². The molecule has 1 aromatic heterocycles. The number of carbonyl (C=O) groups is 1. The van der Waals surface area contributed by atoms with Gasteiger partial charge in [-0.05, 0) is 38.1 Å². The minimum absolute atomic E-state index is 0.143. The highest BCUT2D eigenvalue weighted by molar-refractivity contribution is 5.74. The van der Waals surface area contributed by atoms with Gasteiger partial charge in [0.25, 0.3) is 0 Å². The molecule has 22 heavy (non-hydrogen) atoms. The van der Waals surface area contributed by atoms with Crippen LogP contribution in [0.15, 0.2) is 30.3 Å². The van der Waals surface area contributed by atoms with Gasteiger partial charge in [-0.1, -0.05) is 30.3 Å². The summed E-state index contributed by atoms with van der Waals surface area (Å²) in [6, 6.07) is 10.1. The number of nitrogens with two attached hydrogens (primary N) is 2. The quantitative estimate of drug-likeness (QED) is 0.882. The number of nitrogens with zero attached hydrogens (tertiary/aromatic N) is 2. The van der Waals surface area contributed by atoms with Crippen LogP contribution in [-0.4, -0.2) is 22.2 Å². The van der Waals surface area contributed by atoms with Crippen molar-refractivity contribution in [3.63, 3.8) is 0 Å². The number of aromatic nitrogens is 2. The Bertz CT molecular complexity index is 663. The van der Waals surface area contributed by atoms with Crippen LogP contribution in [0, 0.1) is 0 Å². The molecular formula is C17H22N4O. The van der Waals surface area contributed by atoms with E-state index in [4.69, 9.17) is 16.6 Å². The molecule has 1 unspecified atom stereocenters. The molecular weight excluding hydrogens is 276 g/mol. The zero-order valence-electron chi connectivity index (χ0n) is 12.7. The van der Waals surface area contributed by atoms with Gasteiger partial charge < -0.3 is 11.5 Å². The lowest BCUT2D eigenvalue weighted by Crippen LogP contribution is -2.22. The molecule has 1 aromatic carbocycles. The van der Waals surface area contributed by atoms with Crippen molar-refractivity contribution in [1.82, 2.24) is 9.78 Å². The number of benzene rings is 1. The fourth-order valence-corrected chi connectivity index (χ4v) is 3.44. The van der Waals surface area contributed by atoms with Crippen molar-refractivity contribution in [3.05, 3.63) is 41.6 Å². The van der Waals surface area contributed by atoms with Crippen LogP contribution < -0.4 is 11.5 Å². The van der Waals surface area contributed by atoms with Crippen molar-refractivity contribution < 1.29 is 4.79 Å². The monoisotopic (exact) mass is 298 g/mol. The summed E-state index contributed by atoms with van der Waals surface area (Å²) in [4.78, 5) is 11.3. The third kappa shape index (κ3) is 2.76. The molecule has 0 saturated heterocycles. The van der Waals surface area contributed by atoms with Crippen molar-refractivity contribution >= 4 is 5.91 Å². The number of primary amides is 1. The molecule has 0 bridgehead atoms. The van der Waals surface area contributed by atoms with Gasteiger partial charge in [0.1, 0.15) is 6.54 Å². The van der Waals surface area contributed by atoms with Crippen LogP contribution in [0.2, 0.25) is 0 Å². The number of rotatable bonds is 5. The standard InChI is InChI=1S/C17H22N4O/c18-10-9-12-7-4-8-14-16(12)17(13-5-2-1-3-6-13)20-21(14)11-15(19)22/h1-3,5-6,12H,4,7-11,18H2,(H2,19,22). The molecule has 1 amide bonds. The molecule has 1 aliphatic carbocycles. The molecule has 1 heterocycles. The first-order chi connectivity index (χ1) is 10.7. The zero-order chi connectivity index (χ0) is 15.5. The minimum atomic E-state index is -0.356. The lowest BCUT2D eigenvalue weighted by molar-refractivity contribution is -0.118. The van der Waals surface area contributed by atoms with Crippen molar-refractivity contribution in [2.75, 3.05) is 6.54 Å². The first kappa shape index (κ1) is 14.8. The molecule has 0 saturated carbocycles. The highest BCUT2D eigenvalue weighted by Gasteiger charge is 2.28. The average Bonchev–Trinajstić information content (AvgIpc) is 2.88. The van der Waals surface area contributed by atoms with Crippen molar-refractivity contribution in [2.45, 2.75) is 38.1 Å². The molecule has 3 rings (SSSR count). The Morgan fingerprint density at radius 3 is 2.77 bits per heavy atom. The van der Waals surface area contributed by atoms with E-state index in [2.05, 4.69) is 12.1 Å². The van der Waals surface area contributed by atoms with Crippen LogP contribution >= 0.6 is 0 Å². The van der Waals surface area contributed by atoms with Gasteiger partial charge in [-0.2, -0.15) is 5.10 Å². The molecule has 0 aliphatic heterocycles. The van der Waals surface area contributed by atoms with Crippen LogP contribution in [0.4, 0.5) is 0 Å². The minimum Gasteiger partial charge on any atom is -0.368 e. The molecule has 4 N–H and O–H groups in total. The Morgan fingerprint density at radius 2 is 2.09 bits per heavy atom. The third-order valence-electron chi connectivity index (χ3n) is 4.34. The first-order valence-electron chi connectivity index (χ1n) is 7.84. The van der Waals surface area contributed by atoms with Crippen molar-refractivity contribution in [1.29, 1.82) is 0 Å². The molecule has 0 fully saturated rings. The third-order valence-corrected chi connectivity index (χ3v) is 4.34. The molecule has 2 aromatic rings. The lowest BCUT2D eigenvalue weighted by atomic mass is 9.82.